The van der Waals surface area contributed by atoms with Crippen molar-refractivity contribution < 1.29 is 37.0 Å². The van der Waals surface area contributed by atoms with Crippen LogP contribution in [-0.4, -0.2) is 34.5 Å². The Morgan fingerprint density at radius 1 is 1.02 bits per heavy atom. The summed E-state index contributed by atoms with van der Waals surface area (Å²) in [6, 6.07) is 19.4. The van der Waals surface area contributed by atoms with Crippen molar-refractivity contribution in [3.63, 3.8) is 0 Å². The fraction of sp³-hybridized carbons (Fsp3) is 0.219. The minimum atomic E-state index is -4.42. The second-order valence-corrected chi connectivity index (χ2v) is 9.64. The standard InChI is InChI=1S/C32H29F3N2O5/c1-20(18-29(38)23-6-4-3-5-7-23)36-28(31(39)40)19-22-8-14-26(15-9-22)41-17-16-27-21(2)42-30(37-27)24-10-12-25(13-11-24)32(33,34)35/h3-15,18,28,36H,16-17,19H2,1-2H3,(H,39,40)/b20-18-/t28-/m0/s1. The highest BCUT2D eigenvalue weighted by Crippen LogP contribution is 2.31. The molecular weight excluding hydrogens is 549 g/mol. The lowest BCUT2D eigenvalue weighted by Gasteiger charge is -2.16. The van der Waals surface area contributed by atoms with Crippen molar-refractivity contribution in [2.24, 2.45) is 0 Å². The minimum absolute atomic E-state index is 0.186. The summed E-state index contributed by atoms with van der Waals surface area (Å²) in [5, 5.41) is 12.6. The molecule has 7 nitrogen and oxygen atoms in total. The Labute approximate surface area is 240 Å². The second kappa shape index (κ2) is 13.2. The van der Waals surface area contributed by atoms with Crippen LogP contribution < -0.4 is 10.1 Å². The summed E-state index contributed by atoms with van der Waals surface area (Å²) in [5.41, 5.74) is 2.05. The topological polar surface area (TPSA) is 102 Å². The molecule has 42 heavy (non-hydrogen) atoms. The lowest BCUT2D eigenvalue weighted by Crippen LogP contribution is -2.37. The van der Waals surface area contributed by atoms with E-state index in [1.165, 1.54) is 18.2 Å². The predicted octanol–water partition coefficient (Wildman–Crippen LogP) is 6.66. The van der Waals surface area contributed by atoms with E-state index in [9.17, 15) is 27.9 Å². The first kappa shape index (κ1) is 30.1. The number of ketones is 1. The van der Waals surface area contributed by atoms with Crippen LogP contribution in [0.2, 0.25) is 0 Å². The average molecular weight is 579 g/mol. The molecule has 0 amide bonds. The third-order valence-corrected chi connectivity index (χ3v) is 6.43. The van der Waals surface area contributed by atoms with Crippen molar-refractivity contribution in [1.82, 2.24) is 10.3 Å². The third kappa shape index (κ3) is 8.09. The number of benzene rings is 3. The number of carboxylic acids is 1. The van der Waals surface area contributed by atoms with Crippen LogP contribution in [0.3, 0.4) is 0 Å². The molecule has 0 aliphatic rings. The monoisotopic (exact) mass is 578 g/mol. The molecule has 0 spiro atoms. The van der Waals surface area contributed by atoms with Crippen LogP contribution in [0.5, 0.6) is 5.75 Å². The number of allylic oxidation sites excluding steroid dienone is 2. The average Bonchev–Trinajstić information content (AvgIpc) is 3.33. The first-order valence-electron chi connectivity index (χ1n) is 13.1. The molecule has 218 valence electrons. The number of aryl methyl sites for hydroxylation is 1. The third-order valence-electron chi connectivity index (χ3n) is 6.43. The number of ether oxygens (including phenoxy) is 1. The number of carbonyl (C=O) groups is 2. The number of hydrogen-bond donors (Lipinski definition) is 2. The molecule has 2 N–H and O–H groups in total. The second-order valence-electron chi connectivity index (χ2n) is 9.64. The van der Waals surface area contributed by atoms with Gasteiger partial charge in [0.25, 0.3) is 0 Å². The Morgan fingerprint density at radius 3 is 2.31 bits per heavy atom. The number of carbonyl (C=O) groups excluding carboxylic acids is 1. The van der Waals surface area contributed by atoms with Crippen LogP contribution in [0.15, 0.2) is 95.1 Å². The van der Waals surface area contributed by atoms with Gasteiger partial charge in [0.05, 0.1) is 17.9 Å². The van der Waals surface area contributed by atoms with E-state index < -0.39 is 23.8 Å². The summed E-state index contributed by atoms with van der Waals surface area (Å²) in [6.07, 6.45) is -2.44. The SMILES string of the molecule is C/C(=C/C(=O)c1ccccc1)N[C@@H](Cc1ccc(OCCc2nc(-c3ccc(C(F)(F)F)cc3)oc2C)cc1)C(=O)O. The van der Waals surface area contributed by atoms with Crippen molar-refractivity contribution in [3.8, 4) is 17.2 Å². The van der Waals surface area contributed by atoms with Gasteiger partial charge >= 0.3 is 12.1 Å². The highest BCUT2D eigenvalue weighted by Gasteiger charge is 2.30. The van der Waals surface area contributed by atoms with Crippen molar-refractivity contribution in [1.29, 1.82) is 0 Å². The van der Waals surface area contributed by atoms with E-state index in [-0.39, 0.29) is 24.7 Å². The molecule has 10 heteroatoms. The molecular formula is C32H29F3N2O5. The summed E-state index contributed by atoms with van der Waals surface area (Å²) in [7, 11) is 0. The van der Waals surface area contributed by atoms with E-state index in [2.05, 4.69) is 10.3 Å². The largest absolute Gasteiger partial charge is 0.493 e. The van der Waals surface area contributed by atoms with Gasteiger partial charge in [-0.15, -0.1) is 0 Å². The Balaban J connectivity index is 1.30. The number of carboxylic acid groups (broad SMARTS) is 1. The number of halogens is 3. The van der Waals surface area contributed by atoms with E-state index >= 15 is 0 Å². The van der Waals surface area contributed by atoms with E-state index in [0.29, 0.717) is 40.4 Å². The molecule has 0 aliphatic carbocycles. The van der Waals surface area contributed by atoms with Crippen LogP contribution in [0.1, 0.15) is 39.9 Å². The molecule has 0 unspecified atom stereocenters. The Bertz CT molecular complexity index is 1540. The lowest BCUT2D eigenvalue weighted by atomic mass is 10.1. The van der Waals surface area contributed by atoms with Crippen LogP contribution in [0.4, 0.5) is 13.2 Å². The van der Waals surface area contributed by atoms with E-state index in [1.807, 2.05) is 6.07 Å². The number of nitrogens with zero attached hydrogens (tertiary/aromatic N) is 1. The Hall–Kier alpha value is -4.86. The van der Waals surface area contributed by atoms with Crippen molar-refractivity contribution >= 4 is 11.8 Å². The molecule has 4 rings (SSSR count). The molecule has 0 saturated carbocycles. The van der Waals surface area contributed by atoms with Gasteiger partial charge in [0.1, 0.15) is 17.6 Å². The van der Waals surface area contributed by atoms with Gasteiger partial charge in [-0.2, -0.15) is 13.2 Å². The Kier molecular flexibility index (Phi) is 9.46. The van der Waals surface area contributed by atoms with Crippen LogP contribution in [-0.2, 0) is 23.8 Å². The van der Waals surface area contributed by atoms with Gasteiger partial charge < -0.3 is 19.6 Å². The van der Waals surface area contributed by atoms with E-state index in [0.717, 1.165) is 17.7 Å². The van der Waals surface area contributed by atoms with Gasteiger partial charge in [0, 0.05) is 35.7 Å². The van der Waals surface area contributed by atoms with Crippen molar-refractivity contribution in [3.05, 3.63) is 119 Å². The summed E-state index contributed by atoms with van der Waals surface area (Å²) < 4.78 is 49.9. The van der Waals surface area contributed by atoms with Gasteiger partial charge in [-0.3, -0.25) is 4.79 Å². The quantitative estimate of drug-likeness (QED) is 0.143. The molecule has 3 aromatic carbocycles. The maximum absolute atomic E-state index is 12.8. The number of hydrogen-bond acceptors (Lipinski definition) is 6. The minimum Gasteiger partial charge on any atom is -0.493 e. The van der Waals surface area contributed by atoms with E-state index in [4.69, 9.17) is 9.15 Å². The number of rotatable bonds is 12. The maximum Gasteiger partial charge on any atom is 0.416 e. The molecule has 0 saturated heterocycles. The number of aliphatic carboxylic acids is 1. The molecule has 0 fully saturated rings. The number of nitrogens with one attached hydrogen (secondary N) is 1. The summed E-state index contributed by atoms with van der Waals surface area (Å²) in [6.45, 7) is 3.65. The summed E-state index contributed by atoms with van der Waals surface area (Å²) in [4.78, 5) is 28.6. The molecule has 1 atom stereocenters. The van der Waals surface area contributed by atoms with Gasteiger partial charge in [0.2, 0.25) is 5.89 Å². The zero-order chi connectivity index (χ0) is 30.3. The normalized spacial score (nSPS) is 12.5. The van der Waals surface area contributed by atoms with Gasteiger partial charge in [-0.25, -0.2) is 9.78 Å². The van der Waals surface area contributed by atoms with Gasteiger partial charge in [-0.05, 0) is 55.8 Å². The number of alkyl halides is 3. The molecule has 0 aliphatic heterocycles. The molecule has 4 aromatic rings. The highest BCUT2D eigenvalue weighted by atomic mass is 19.4. The molecule has 0 radical (unpaired) electrons. The lowest BCUT2D eigenvalue weighted by molar-refractivity contribution is -0.139. The summed E-state index contributed by atoms with van der Waals surface area (Å²) in [5.74, 6) is 0.0894. The van der Waals surface area contributed by atoms with Crippen molar-refractivity contribution in [2.45, 2.75) is 38.9 Å². The number of aromatic nitrogens is 1. The first-order chi connectivity index (χ1) is 20.0. The predicted molar refractivity (Wildman–Crippen MR) is 150 cm³/mol. The van der Waals surface area contributed by atoms with Crippen molar-refractivity contribution in [2.75, 3.05) is 6.61 Å². The summed E-state index contributed by atoms with van der Waals surface area (Å²) >= 11 is 0. The zero-order valence-corrected chi connectivity index (χ0v) is 22.9. The number of oxazole rings is 1. The smallest absolute Gasteiger partial charge is 0.416 e. The highest BCUT2D eigenvalue weighted by molar-refractivity contribution is 6.04. The van der Waals surface area contributed by atoms with Crippen LogP contribution in [0, 0.1) is 6.92 Å². The fourth-order valence-electron chi connectivity index (χ4n) is 4.21. The maximum atomic E-state index is 12.8. The first-order valence-corrected chi connectivity index (χ1v) is 13.1. The fourth-order valence-corrected chi connectivity index (χ4v) is 4.21. The molecule has 1 heterocycles. The Morgan fingerprint density at radius 2 is 1.69 bits per heavy atom. The van der Waals surface area contributed by atoms with Crippen LogP contribution in [0.25, 0.3) is 11.5 Å². The van der Waals surface area contributed by atoms with E-state index in [1.54, 1.807) is 62.4 Å². The zero-order valence-electron chi connectivity index (χ0n) is 22.9. The molecule has 1 aromatic heterocycles. The van der Waals surface area contributed by atoms with Crippen LogP contribution >= 0.6 is 0 Å². The van der Waals surface area contributed by atoms with Gasteiger partial charge in [0.15, 0.2) is 5.78 Å². The molecule has 0 bridgehead atoms. The van der Waals surface area contributed by atoms with Gasteiger partial charge in [-0.1, -0.05) is 42.5 Å².